The van der Waals surface area contributed by atoms with Crippen LogP contribution < -0.4 is 15.2 Å². The van der Waals surface area contributed by atoms with Gasteiger partial charge in [-0.05, 0) is 48.9 Å². The maximum absolute atomic E-state index is 12.3. The molecule has 0 heterocycles. The van der Waals surface area contributed by atoms with Crippen molar-refractivity contribution in [2.45, 2.75) is 11.8 Å². The lowest BCUT2D eigenvalue weighted by atomic mass is 10.2. The number of halogens is 1. The van der Waals surface area contributed by atoms with Crippen molar-refractivity contribution in [1.82, 2.24) is 0 Å². The van der Waals surface area contributed by atoms with Gasteiger partial charge in [0.05, 0.1) is 28.4 Å². The summed E-state index contributed by atoms with van der Waals surface area (Å²) in [6.45, 7) is 1.79. The van der Waals surface area contributed by atoms with Gasteiger partial charge in [-0.1, -0.05) is 11.6 Å². The Morgan fingerprint density at radius 3 is 2.48 bits per heavy atom. The second-order valence-corrected chi connectivity index (χ2v) is 6.56. The molecule has 0 fully saturated rings. The van der Waals surface area contributed by atoms with Gasteiger partial charge in [0.25, 0.3) is 10.0 Å². The van der Waals surface area contributed by atoms with E-state index in [0.29, 0.717) is 17.1 Å². The van der Waals surface area contributed by atoms with Gasteiger partial charge in [-0.3, -0.25) is 4.72 Å². The normalized spacial score (nSPS) is 11.2. The number of ether oxygens (including phenoxy) is 1. The van der Waals surface area contributed by atoms with E-state index in [9.17, 15) is 8.42 Å². The molecule has 2 aromatic rings. The van der Waals surface area contributed by atoms with Crippen LogP contribution in [0.1, 0.15) is 5.56 Å². The summed E-state index contributed by atoms with van der Waals surface area (Å²) in [4.78, 5) is 0.0527. The number of hydrogen-bond acceptors (Lipinski definition) is 4. The van der Waals surface area contributed by atoms with E-state index in [-0.39, 0.29) is 9.92 Å². The molecule has 5 nitrogen and oxygen atoms in total. The third kappa shape index (κ3) is 3.40. The molecule has 2 aromatic carbocycles. The summed E-state index contributed by atoms with van der Waals surface area (Å²) in [6.07, 6.45) is 0. The topological polar surface area (TPSA) is 81.4 Å². The van der Waals surface area contributed by atoms with Crippen molar-refractivity contribution in [3.63, 3.8) is 0 Å². The lowest BCUT2D eigenvalue weighted by molar-refractivity contribution is 0.414. The molecular weight excluding hydrogens is 312 g/mol. The summed E-state index contributed by atoms with van der Waals surface area (Å²) in [5.74, 6) is 0.658. The zero-order valence-corrected chi connectivity index (χ0v) is 13.1. The van der Waals surface area contributed by atoms with Crippen LogP contribution in [0.5, 0.6) is 5.75 Å². The van der Waals surface area contributed by atoms with Gasteiger partial charge in [-0.25, -0.2) is 8.42 Å². The highest BCUT2D eigenvalue weighted by Crippen LogP contribution is 2.26. The second-order valence-electron chi connectivity index (χ2n) is 4.47. The van der Waals surface area contributed by atoms with Crippen molar-refractivity contribution in [2.75, 3.05) is 17.6 Å². The lowest BCUT2D eigenvalue weighted by Crippen LogP contribution is -2.14. The van der Waals surface area contributed by atoms with Crippen LogP contribution in [0.25, 0.3) is 0 Å². The SMILES string of the molecule is COc1ccc(NS(=O)(=O)c2ccc(N)c(Cl)c2)c(C)c1. The second kappa shape index (κ2) is 5.83. The van der Waals surface area contributed by atoms with Gasteiger partial charge in [0.15, 0.2) is 0 Å². The minimum atomic E-state index is -3.73. The summed E-state index contributed by atoms with van der Waals surface area (Å²) < 4.78 is 32.3. The summed E-state index contributed by atoms with van der Waals surface area (Å²) >= 11 is 5.86. The van der Waals surface area contributed by atoms with Gasteiger partial charge in [-0.2, -0.15) is 0 Å². The number of rotatable bonds is 4. The molecule has 0 aliphatic carbocycles. The zero-order valence-electron chi connectivity index (χ0n) is 11.6. The van der Waals surface area contributed by atoms with Crippen LogP contribution >= 0.6 is 11.6 Å². The van der Waals surface area contributed by atoms with Crippen molar-refractivity contribution in [2.24, 2.45) is 0 Å². The van der Waals surface area contributed by atoms with Crippen LogP contribution in [0.15, 0.2) is 41.3 Å². The van der Waals surface area contributed by atoms with Crippen molar-refractivity contribution >= 4 is 33.0 Å². The number of anilines is 2. The molecule has 0 radical (unpaired) electrons. The molecule has 0 aliphatic heterocycles. The quantitative estimate of drug-likeness (QED) is 0.846. The average Bonchev–Trinajstić information content (AvgIpc) is 2.43. The van der Waals surface area contributed by atoms with E-state index < -0.39 is 10.0 Å². The zero-order chi connectivity index (χ0) is 15.6. The van der Waals surface area contributed by atoms with Crippen LogP contribution in [0, 0.1) is 6.92 Å². The molecule has 7 heteroatoms. The molecule has 0 aliphatic rings. The van der Waals surface area contributed by atoms with E-state index in [1.165, 1.54) is 18.2 Å². The number of sulfonamides is 1. The predicted molar refractivity (Wildman–Crippen MR) is 84.4 cm³/mol. The first-order chi connectivity index (χ1) is 9.83. The highest BCUT2D eigenvalue weighted by molar-refractivity contribution is 7.92. The Bertz CT molecular complexity index is 776. The Balaban J connectivity index is 2.35. The fourth-order valence-electron chi connectivity index (χ4n) is 1.76. The first kappa shape index (κ1) is 15.5. The Morgan fingerprint density at radius 2 is 1.90 bits per heavy atom. The number of methoxy groups -OCH3 is 1. The molecule has 0 amide bonds. The van der Waals surface area contributed by atoms with E-state index in [0.717, 1.165) is 5.56 Å². The number of benzene rings is 2. The van der Waals surface area contributed by atoms with Gasteiger partial charge in [0, 0.05) is 0 Å². The number of aryl methyl sites for hydroxylation is 1. The smallest absolute Gasteiger partial charge is 0.261 e. The third-order valence-electron chi connectivity index (χ3n) is 2.96. The Kier molecular flexibility index (Phi) is 4.29. The van der Waals surface area contributed by atoms with Crippen LogP contribution in [0.3, 0.4) is 0 Å². The molecule has 2 rings (SSSR count). The van der Waals surface area contributed by atoms with Crippen molar-refractivity contribution < 1.29 is 13.2 Å². The van der Waals surface area contributed by atoms with Crippen molar-refractivity contribution in [3.8, 4) is 5.75 Å². The van der Waals surface area contributed by atoms with Gasteiger partial charge >= 0.3 is 0 Å². The first-order valence-electron chi connectivity index (χ1n) is 6.06. The van der Waals surface area contributed by atoms with Crippen LogP contribution in [-0.2, 0) is 10.0 Å². The largest absolute Gasteiger partial charge is 0.497 e. The summed E-state index contributed by atoms with van der Waals surface area (Å²) in [5.41, 5.74) is 7.13. The Morgan fingerprint density at radius 1 is 1.19 bits per heavy atom. The monoisotopic (exact) mass is 326 g/mol. The predicted octanol–water partition coefficient (Wildman–Crippen LogP) is 3.04. The number of nitrogen functional groups attached to an aromatic ring is 1. The Labute approximate surface area is 128 Å². The van der Waals surface area contributed by atoms with Gasteiger partial charge in [-0.15, -0.1) is 0 Å². The maximum atomic E-state index is 12.3. The molecule has 0 saturated carbocycles. The van der Waals surface area contributed by atoms with E-state index >= 15 is 0 Å². The number of nitrogens with one attached hydrogen (secondary N) is 1. The van der Waals surface area contributed by atoms with E-state index in [1.807, 2.05) is 0 Å². The van der Waals surface area contributed by atoms with Crippen molar-refractivity contribution in [1.29, 1.82) is 0 Å². The minimum Gasteiger partial charge on any atom is -0.497 e. The molecule has 112 valence electrons. The maximum Gasteiger partial charge on any atom is 0.261 e. The van der Waals surface area contributed by atoms with E-state index in [4.69, 9.17) is 22.1 Å². The fraction of sp³-hybridized carbons (Fsp3) is 0.143. The molecule has 0 spiro atoms. The third-order valence-corrected chi connectivity index (χ3v) is 4.65. The molecule has 3 N–H and O–H groups in total. The van der Waals surface area contributed by atoms with Gasteiger partial charge in [0.1, 0.15) is 5.75 Å². The van der Waals surface area contributed by atoms with Crippen molar-refractivity contribution in [3.05, 3.63) is 47.0 Å². The molecule has 0 aromatic heterocycles. The first-order valence-corrected chi connectivity index (χ1v) is 7.92. The van der Waals surface area contributed by atoms with Gasteiger partial charge < -0.3 is 10.5 Å². The molecule has 0 unspecified atom stereocenters. The fourth-order valence-corrected chi connectivity index (χ4v) is 3.16. The van der Waals surface area contributed by atoms with Crippen LogP contribution in [0.4, 0.5) is 11.4 Å². The van der Waals surface area contributed by atoms with Crippen LogP contribution in [0.2, 0.25) is 5.02 Å². The molecule has 0 bridgehead atoms. The molecule has 21 heavy (non-hydrogen) atoms. The Hall–Kier alpha value is -1.92. The summed E-state index contributed by atoms with van der Waals surface area (Å²) in [6, 6.07) is 9.25. The van der Waals surface area contributed by atoms with Gasteiger partial charge in [0.2, 0.25) is 0 Å². The molecule has 0 saturated heterocycles. The number of hydrogen-bond donors (Lipinski definition) is 2. The molecular formula is C14H15ClN2O3S. The van der Waals surface area contributed by atoms with E-state index in [2.05, 4.69) is 4.72 Å². The standard InChI is InChI=1S/C14H15ClN2O3S/c1-9-7-10(20-2)3-6-14(9)17-21(18,19)11-4-5-13(16)12(15)8-11/h3-8,17H,16H2,1-2H3. The lowest BCUT2D eigenvalue weighted by Gasteiger charge is -2.12. The summed E-state index contributed by atoms with van der Waals surface area (Å²) in [7, 11) is -2.17. The summed E-state index contributed by atoms with van der Waals surface area (Å²) in [5, 5.41) is 0.198. The molecule has 0 atom stereocenters. The highest BCUT2D eigenvalue weighted by Gasteiger charge is 2.16. The number of nitrogens with two attached hydrogens (primary N) is 1. The van der Waals surface area contributed by atoms with Crippen LogP contribution in [-0.4, -0.2) is 15.5 Å². The average molecular weight is 327 g/mol. The van der Waals surface area contributed by atoms with E-state index in [1.54, 1.807) is 32.2 Å². The minimum absolute atomic E-state index is 0.0527. The highest BCUT2D eigenvalue weighted by atomic mass is 35.5.